The van der Waals surface area contributed by atoms with Crippen molar-refractivity contribution in [2.45, 2.75) is 30.6 Å². The number of carboxylic acid groups (broad SMARTS) is 1. The van der Waals surface area contributed by atoms with Crippen molar-refractivity contribution in [1.29, 1.82) is 5.26 Å². The fourth-order valence-corrected chi connectivity index (χ4v) is 2.65. The number of benzene rings is 1. The van der Waals surface area contributed by atoms with Crippen molar-refractivity contribution in [2.75, 3.05) is 6.54 Å². The quantitative estimate of drug-likeness (QED) is 0.703. The number of nitrogens with one attached hydrogen (secondary N) is 1. The van der Waals surface area contributed by atoms with E-state index in [4.69, 9.17) is 10.4 Å². The summed E-state index contributed by atoms with van der Waals surface area (Å²) in [6.07, 6.45) is 1.52. The molecule has 6 nitrogen and oxygen atoms in total. The van der Waals surface area contributed by atoms with Gasteiger partial charge in [0.1, 0.15) is 0 Å². The van der Waals surface area contributed by atoms with Gasteiger partial charge >= 0.3 is 5.97 Å². The molecular weight excluding hydrogens is 280 g/mol. The number of hydrogen-bond acceptors (Lipinski definition) is 4. The molecule has 0 aromatic heterocycles. The van der Waals surface area contributed by atoms with E-state index in [1.807, 2.05) is 6.07 Å². The molecule has 2 N–H and O–H groups in total. The van der Waals surface area contributed by atoms with E-state index >= 15 is 0 Å². The van der Waals surface area contributed by atoms with E-state index < -0.39 is 16.0 Å². The summed E-state index contributed by atoms with van der Waals surface area (Å²) < 4.78 is 26.3. The molecule has 0 saturated heterocycles. The lowest BCUT2D eigenvalue weighted by atomic mass is 10.2. The number of carbonyl (C=O) groups is 1. The van der Waals surface area contributed by atoms with Crippen molar-refractivity contribution in [3.8, 4) is 6.07 Å². The summed E-state index contributed by atoms with van der Waals surface area (Å²) in [4.78, 5) is 10.6. The van der Waals surface area contributed by atoms with E-state index in [2.05, 4.69) is 4.72 Å². The van der Waals surface area contributed by atoms with Crippen LogP contribution in [0.3, 0.4) is 0 Å². The van der Waals surface area contributed by atoms with Crippen LogP contribution in [0.15, 0.2) is 29.2 Å². The maximum Gasteiger partial charge on any atom is 0.307 e. The molecule has 108 valence electrons. The molecule has 0 amide bonds. The predicted octanol–water partition coefficient (Wildman–Crippen LogP) is 1.29. The zero-order valence-electron chi connectivity index (χ0n) is 10.9. The second-order valence-electron chi connectivity index (χ2n) is 4.23. The molecule has 0 heterocycles. The van der Waals surface area contributed by atoms with Crippen LogP contribution in [0.1, 0.15) is 24.8 Å². The first-order valence-corrected chi connectivity index (χ1v) is 7.61. The highest BCUT2D eigenvalue weighted by Crippen LogP contribution is 2.11. The molecule has 0 aliphatic rings. The molecule has 20 heavy (non-hydrogen) atoms. The molecule has 0 saturated carbocycles. The van der Waals surface area contributed by atoms with Gasteiger partial charge in [-0.2, -0.15) is 5.26 Å². The third kappa shape index (κ3) is 5.38. The minimum Gasteiger partial charge on any atom is -0.481 e. The number of aliphatic carboxylic acids is 1. The SMILES string of the molecule is N#CCCCCNS(=O)(=O)c1ccc(CC(=O)O)cc1. The molecule has 0 unspecified atom stereocenters. The molecule has 7 heteroatoms. The summed E-state index contributed by atoms with van der Waals surface area (Å²) in [6, 6.07) is 7.73. The highest BCUT2D eigenvalue weighted by Gasteiger charge is 2.13. The molecule has 0 fully saturated rings. The first kappa shape index (κ1) is 16.1. The number of sulfonamides is 1. The second-order valence-corrected chi connectivity index (χ2v) is 5.99. The van der Waals surface area contributed by atoms with E-state index in [9.17, 15) is 13.2 Å². The maximum absolute atomic E-state index is 11.9. The lowest BCUT2D eigenvalue weighted by Gasteiger charge is -2.06. The third-order valence-electron chi connectivity index (χ3n) is 2.60. The average Bonchev–Trinajstić information content (AvgIpc) is 2.38. The molecule has 0 aliphatic carbocycles. The van der Waals surface area contributed by atoms with Gasteiger partial charge in [0.2, 0.25) is 10.0 Å². The zero-order valence-corrected chi connectivity index (χ0v) is 11.7. The molecule has 0 atom stereocenters. The Kier molecular flexibility index (Phi) is 6.15. The minimum atomic E-state index is -3.57. The first-order valence-electron chi connectivity index (χ1n) is 6.13. The normalized spacial score (nSPS) is 10.9. The van der Waals surface area contributed by atoms with E-state index in [1.54, 1.807) is 0 Å². The fourth-order valence-electron chi connectivity index (χ4n) is 1.58. The highest BCUT2D eigenvalue weighted by molar-refractivity contribution is 7.89. The van der Waals surface area contributed by atoms with Crippen LogP contribution in [-0.4, -0.2) is 26.0 Å². The van der Waals surface area contributed by atoms with Crippen LogP contribution in [0.2, 0.25) is 0 Å². The number of unbranched alkanes of at least 4 members (excludes halogenated alkanes) is 2. The molecule has 1 aromatic rings. The van der Waals surface area contributed by atoms with Gasteiger partial charge in [-0.25, -0.2) is 13.1 Å². The average molecular weight is 296 g/mol. The van der Waals surface area contributed by atoms with E-state index in [0.717, 1.165) is 0 Å². The van der Waals surface area contributed by atoms with Gasteiger partial charge in [0.05, 0.1) is 17.4 Å². The summed E-state index contributed by atoms with van der Waals surface area (Å²) in [5.74, 6) is -0.962. The van der Waals surface area contributed by atoms with Gasteiger partial charge in [-0.15, -0.1) is 0 Å². The summed E-state index contributed by atoms with van der Waals surface area (Å²) >= 11 is 0. The Labute approximate surface area is 118 Å². The van der Waals surface area contributed by atoms with Gasteiger partial charge in [0, 0.05) is 13.0 Å². The van der Waals surface area contributed by atoms with E-state index in [-0.39, 0.29) is 17.9 Å². The molecule has 0 bridgehead atoms. The topological polar surface area (TPSA) is 107 Å². The highest BCUT2D eigenvalue weighted by atomic mass is 32.2. The van der Waals surface area contributed by atoms with Crippen LogP contribution in [0.25, 0.3) is 0 Å². The molecule has 0 radical (unpaired) electrons. The van der Waals surface area contributed by atoms with Crippen molar-refractivity contribution < 1.29 is 18.3 Å². The van der Waals surface area contributed by atoms with E-state index in [0.29, 0.717) is 24.8 Å². The third-order valence-corrected chi connectivity index (χ3v) is 4.07. The van der Waals surface area contributed by atoms with Crippen molar-refractivity contribution >= 4 is 16.0 Å². The fraction of sp³-hybridized carbons (Fsp3) is 0.385. The monoisotopic (exact) mass is 296 g/mol. The second kappa shape index (κ2) is 7.62. The minimum absolute atomic E-state index is 0.104. The van der Waals surface area contributed by atoms with Crippen LogP contribution in [0.5, 0.6) is 0 Å². The Morgan fingerprint density at radius 1 is 1.25 bits per heavy atom. The number of nitriles is 1. The Morgan fingerprint density at radius 2 is 1.90 bits per heavy atom. The van der Waals surface area contributed by atoms with E-state index in [1.165, 1.54) is 24.3 Å². The number of nitrogens with zero attached hydrogens (tertiary/aromatic N) is 1. The number of carboxylic acids is 1. The van der Waals surface area contributed by atoms with Gasteiger partial charge in [-0.1, -0.05) is 12.1 Å². The van der Waals surface area contributed by atoms with Crippen LogP contribution in [0, 0.1) is 11.3 Å². The standard InChI is InChI=1S/C13H16N2O4S/c14-8-2-1-3-9-15-20(18,19)12-6-4-11(5-7-12)10-13(16)17/h4-7,15H,1-3,9-10H2,(H,16,17). The van der Waals surface area contributed by atoms with Gasteiger partial charge in [-0.05, 0) is 30.5 Å². The van der Waals surface area contributed by atoms with Crippen LogP contribution in [0.4, 0.5) is 0 Å². The largest absolute Gasteiger partial charge is 0.481 e. The summed E-state index contributed by atoms with van der Waals surface area (Å²) in [5.41, 5.74) is 0.547. The maximum atomic E-state index is 11.9. The van der Waals surface area contributed by atoms with Crippen molar-refractivity contribution in [3.63, 3.8) is 0 Å². The Bertz CT molecular complexity index is 588. The van der Waals surface area contributed by atoms with Crippen LogP contribution in [-0.2, 0) is 21.2 Å². The summed E-state index contributed by atoms with van der Waals surface area (Å²) in [5, 5.41) is 17.0. The molecule has 1 aromatic carbocycles. The lowest BCUT2D eigenvalue weighted by Crippen LogP contribution is -2.24. The van der Waals surface area contributed by atoms with Crippen molar-refractivity contribution in [3.05, 3.63) is 29.8 Å². The Morgan fingerprint density at radius 3 is 2.45 bits per heavy atom. The molecular formula is C13H16N2O4S. The van der Waals surface area contributed by atoms with Crippen LogP contribution >= 0.6 is 0 Å². The van der Waals surface area contributed by atoms with Crippen LogP contribution < -0.4 is 4.72 Å². The lowest BCUT2D eigenvalue weighted by molar-refractivity contribution is -0.136. The van der Waals surface area contributed by atoms with Gasteiger partial charge < -0.3 is 5.11 Å². The molecule has 1 rings (SSSR count). The smallest absolute Gasteiger partial charge is 0.307 e. The zero-order chi connectivity index (χ0) is 15.0. The van der Waals surface area contributed by atoms with Crippen molar-refractivity contribution in [2.24, 2.45) is 0 Å². The molecule has 0 spiro atoms. The predicted molar refractivity (Wildman–Crippen MR) is 72.4 cm³/mol. The van der Waals surface area contributed by atoms with Gasteiger partial charge in [0.15, 0.2) is 0 Å². The first-order chi connectivity index (χ1) is 9.45. The van der Waals surface area contributed by atoms with Gasteiger partial charge in [-0.3, -0.25) is 4.79 Å². The summed E-state index contributed by atoms with van der Waals surface area (Å²) in [6.45, 7) is 0.279. The number of rotatable bonds is 8. The van der Waals surface area contributed by atoms with Gasteiger partial charge in [0.25, 0.3) is 0 Å². The van der Waals surface area contributed by atoms with Crippen molar-refractivity contribution in [1.82, 2.24) is 4.72 Å². The summed E-state index contributed by atoms with van der Waals surface area (Å²) in [7, 11) is -3.57. The molecule has 0 aliphatic heterocycles. The Balaban J connectivity index is 2.59. The Hall–Kier alpha value is -1.91. The number of hydrogen-bond donors (Lipinski definition) is 2.